The van der Waals surface area contributed by atoms with Crippen LogP contribution in [0.1, 0.15) is 12.5 Å². The first-order valence-corrected chi connectivity index (χ1v) is 5.23. The summed E-state index contributed by atoms with van der Waals surface area (Å²) < 4.78 is 5.41. The quantitative estimate of drug-likeness (QED) is 0.839. The van der Waals surface area contributed by atoms with E-state index in [1.807, 2.05) is 0 Å². The molecule has 0 radical (unpaired) electrons. The van der Waals surface area contributed by atoms with Crippen molar-refractivity contribution in [3.05, 3.63) is 27.7 Å². The molecule has 0 aromatic heterocycles. The summed E-state index contributed by atoms with van der Waals surface area (Å²) in [5.41, 5.74) is 0.848. The van der Waals surface area contributed by atoms with Gasteiger partial charge in [-0.25, -0.2) is 4.79 Å². The molecule has 0 saturated carbocycles. The van der Waals surface area contributed by atoms with Crippen LogP contribution >= 0.6 is 15.9 Å². The average Bonchev–Trinajstić information content (AvgIpc) is 2.22. The molecule has 0 bridgehead atoms. The number of phenols is 1. The lowest BCUT2D eigenvalue weighted by Crippen LogP contribution is -1.95. The van der Waals surface area contributed by atoms with Crippen LogP contribution in [0.3, 0.4) is 0 Å². The molecule has 1 rings (SSSR count). The Balaban J connectivity index is 3.22. The lowest BCUT2D eigenvalue weighted by atomic mass is 10.1. The van der Waals surface area contributed by atoms with Gasteiger partial charge in [-0.3, -0.25) is 0 Å². The summed E-state index contributed by atoms with van der Waals surface area (Å²) in [6.45, 7) is 1.50. The van der Waals surface area contributed by atoms with E-state index in [0.29, 0.717) is 15.8 Å². The maximum atomic E-state index is 10.6. The highest BCUT2D eigenvalue weighted by Crippen LogP contribution is 2.35. The predicted molar refractivity (Wildman–Crippen MR) is 63.6 cm³/mol. The molecule has 2 N–H and O–H groups in total. The van der Waals surface area contributed by atoms with Crippen molar-refractivity contribution in [1.29, 1.82) is 0 Å². The summed E-state index contributed by atoms with van der Waals surface area (Å²) in [6.07, 6.45) is 1.50. The third-order valence-corrected chi connectivity index (χ3v) is 2.60. The van der Waals surface area contributed by atoms with Gasteiger partial charge in [0.1, 0.15) is 0 Å². The van der Waals surface area contributed by atoms with Gasteiger partial charge in [-0.15, -0.1) is 0 Å². The molecule has 4 nitrogen and oxygen atoms in total. The minimum Gasteiger partial charge on any atom is -0.503 e. The van der Waals surface area contributed by atoms with Crippen LogP contribution in [-0.2, 0) is 4.79 Å². The third kappa shape index (κ3) is 2.76. The Morgan fingerprint density at radius 1 is 1.50 bits per heavy atom. The summed E-state index contributed by atoms with van der Waals surface area (Å²) in [7, 11) is 1.43. The first-order chi connectivity index (χ1) is 7.45. The molecule has 0 spiro atoms. The van der Waals surface area contributed by atoms with E-state index in [0.717, 1.165) is 0 Å². The number of aliphatic carboxylic acids is 1. The van der Waals surface area contributed by atoms with Gasteiger partial charge in [-0.05, 0) is 46.6 Å². The number of aromatic hydroxyl groups is 1. The fourth-order valence-corrected chi connectivity index (χ4v) is 1.60. The number of rotatable bonds is 3. The van der Waals surface area contributed by atoms with Crippen LogP contribution in [0, 0.1) is 0 Å². The molecule has 0 aliphatic heterocycles. The van der Waals surface area contributed by atoms with Gasteiger partial charge >= 0.3 is 5.97 Å². The van der Waals surface area contributed by atoms with E-state index in [2.05, 4.69) is 15.9 Å². The normalized spacial score (nSPS) is 11.3. The van der Waals surface area contributed by atoms with Gasteiger partial charge in [-0.1, -0.05) is 0 Å². The van der Waals surface area contributed by atoms with Crippen LogP contribution in [0.2, 0.25) is 0 Å². The van der Waals surface area contributed by atoms with Crippen molar-refractivity contribution in [2.45, 2.75) is 6.92 Å². The molecule has 0 amide bonds. The first-order valence-electron chi connectivity index (χ1n) is 4.43. The number of benzene rings is 1. The van der Waals surface area contributed by atoms with E-state index in [-0.39, 0.29) is 11.3 Å². The molecular weight excluding hydrogens is 276 g/mol. The van der Waals surface area contributed by atoms with E-state index < -0.39 is 5.97 Å². The molecule has 16 heavy (non-hydrogen) atoms. The van der Waals surface area contributed by atoms with E-state index in [1.54, 1.807) is 12.1 Å². The minimum atomic E-state index is -0.983. The molecule has 0 saturated heterocycles. The Kier molecular flexibility index (Phi) is 3.95. The Morgan fingerprint density at radius 3 is 2.62 bits per heavy atom. The van der Waals surface area contributed by atoms with Crippen LogP contribution in [0.15, 0.2) is 22.2 Å². The van der Waals surface area contributed by atoms with E-state index >= 15 is 0 Å². The van der Waals surface area contributed by atoms with Crippen molar-refractivity contribution in [3.63, 3.8) is 0 Å². The standard InChI is InChI=1S/C11H11BrO4/c1-6(11(14)15)3-7-4-8(12)10(13)9(5-7)16-2/h3-5,13H,1-2H3,(H,14,15). The van der Waals surface area contributed by atoms with E-state index in [1.165, 1.54) is 20.1 Å². The van der Waals surface area contributed by atoms with Gasteiger partial charge in [0.25, 0.3) is 0 Å². The van der Waals surface area contributed by atoms with Crippen molar-refractivity contribution in [1.82, 2.24) is 0 Å². The smallest absolute Gasteiger partial charge is 0.331 e. The lowest BCUT2D eigenvalue weighted by molar-refractivity contribution is -0.132. The molecule has 1 aromatic carbocycles. The van der Waals surface area contributed by atoms with Gasteiger partial charge in [0.15, 0.2) is 11.5 Å². The SMILES string of the molecule is COc1cc(C=C(C)C(=O)O)cc(Br)c1O. The zero-order chi connectivity index (χ0) is 12.3. The molecule has 0 atom stereocenters. The number of halogens is 1. The number of hydrogen-bond acceptors (Lipinski definition) is 3. The highest BCUT2D eigenvalue weighted by atomic mass is 79.9. The van der Waals surface area contributed by atoms with Crippen molar-refractivity contribution in [2.24, 2.45) is 0 Å². The average molecular weight is 287 g/mol. The van der Waals surface area contributed by atoms with Crippen molar-refractivity contribution < 1.29 is 19.7 Å². The topological polar surface area (TPSA) is 66.8 Å². The second kappa shape index (κ2) is 5.03. The second-order valence-corrected chi connectivity index (χ2v) is 4.04. The van der Waals surface area contributed by atoms with Gasteiger partial charge in [0.05, 0.1) is 11.6 Å². The molecule has 0 unspecified atom stereocenters. The summed E-state index contributed by atoms with van der Waals surface area (Å²) >= 11 is 3.16. The summed E-state index contributed by atoms with van der Waals surface area (Å²) in [4.78, 5) is 10.6. The first kappa shape index (κ1) is 12.6. The number of carbonyl (C=O) groups is 1. The Morgan fingerprint density at radius 2 is 2.12 bits per heavy atom. The van der Waals surface area contributed by atoms with Crippen LogP contribution < -0.4 is 4.74 Å². The zero-order valence-electron chi connectivity index (χ0n) is 8.82. The van der Waals surface area contributed by atoms with Crippen LogP contribution in [0.4, 0.5) is 0 Å². The summed E-state index contributed by atoms with van der Waals surface area (Å²) in [5, 5.41) is 18.3. The monoisotopic (exact) mass is 286 g/mol. The van der Waals surface area contributed by atoms with E-state index in [4.69, 9.17) is 9.84 Å². The number of phenolic OH excluding ortho intramolecular Hbond substituents is 1. The van der Waals surface area contributed by atoms with Gasteiger partial charge < -0.3 is 14.9 Å². The van der Waals surface area contributed by atoms with E-state index in [9.17, 15) is 9.90 Å². The van der Waals surface area contributed by atoms with Crippen LogP contribution in [0.25, 0.3) is 6.08 Å². The molecule has 0 aliphatic rings. The fourth-order valence-electron chi connectivity index (χ4n) is 1.14. The number of carboxylic acid groups (broad SMARTS) is 1. The molecule has 0 aliphatic carbocycles. The lowest BCUT2D eigenvalue weighted by Gasteiger charge is -2.06. The number of methoxy groups -OCH3 is 1. The molecule has 0 fully saturated rings. The Labute approximate surface area is 101 Å². The Hall–Kier alpha value is -1.49. The predicted octanol–water partition coefficient (Wildman–Crippen LogP) is 2.65. The maximum absolute atomic E-state index is 10.6. The van der Waals surface area contributed by atoms with Crippen LogP contribution in [-0.4, -0.2) is 23.3 Å². The number of ether oxygens (including phenoxy) is 1. The van der Waals surface area contributed by atoms with Crippen molar-refractivity contribution >= 4 is 28.0 Å². The van der Waals surface area contributed by atoms with Gasteiger partial charge in [0, 0.05) is 5.57 Å². The zero-order valence-corrected chi connectivity index (χ0v) is 10.4. The summed E-state index contributed by atoms with van der Waals surface area (Å²) in [6, 6.07) is 3.18. The van der Waals surface area contributed by atoms with Crippen molar-refractivity contribution in [3.8, 4) is 11.5 Å². The maximum Gasteiger partial charge on any atom is 0.331 e. The number of hydrogen-bond donors (Lipinski definition) is 2. The molecule has 1 aromatic rings. The molecule has 5 heteroatoms. The number of carboxylic acids is 1. The fraction of sp³-hybridized carbons (Fsp3) is 0.182. The molecule has 0 heterocycles. The van der Waals surface area contributed by atoms with Crippen LogP contribution in [0.5, 0.6) is 11.5 Å². The van der Waals surface area contributed by atoms with Crippen molar-refractivity contribution in [2.75, 3.05) is 7.11 Å². The highest BCUT2D eigenvalue weighted by Gasteiger charge is 2.08. The Bertz CT molecular complexity index is 452. The third-order valence-electron chi connectivity index (χ3n) is 1.99. The minimum absolute atomic E-state index is 0.00683. The summed E-state index contributed by atoms with van der Waals surface area (Å²) in [5.74, 6) is -0.699. The molecule has 86 valence electrons. The van der Waals surface area contributed by atoms with Gasteiger partial charge in [-0.2, -0.15) is 0 Å². The highest BCUT2D eigenvalue weighted by molar-refractivity contribution is 9.10. The molecular formula is C11H11BrO4. The largest absolute Gasteiger partial charge is 0.503 e. The second-order valence-electron chi connectivity index (χ2n) is 3.19. The van der Waals surface area contributed by atoms with Gasteiger partial charge in [0.2, 0.25) is 0 Å².